The minimum absolute atomic E-state index is 0.0224. The number of hydrogen-bond donors (Lipinski definition) is 1. The molecule has 0 fully saturated rings. The maximum absolute atomic E-state index is 12.5. The summed E-state index contributed by atoms with van der Waals surface area (Å²) in [6, 6.07) is 2.90. The second-order valence-electron chi connectivity index (χ2n) is 3.83. The van der Waals surface area contributed by atoms with Crippen LogP contribution in [-0.2, 0) is 16.6 Å². The maximum atomic E-state index is 12.5. The lowest BCUT2D eigenvalue weighted by Crippen LogP contribution is -2.31. The molecule has 1 aromatic carbocycles. The van der Waals surface area contributed by atoms with Crippen LogP contribution in [0.15, 0.2) is 29.7 Å². The molecular weight excluding hydrogens is 307 g/mol. The fourth-order valence-electron chi connectivity index (χ4n) is 1.63. The Morgan fingerprint density at radius 1 is 1.42 bits per heavy atom. The van der Waals surface area contributed by atoms with Crippen LogP contribution in [0.3, 0.4) is 0 Å². The minimum atomic E-state index is -3.71. The standard InChI is InChI=1S/C12H16Cl2N2O2S/c1-3-5-16(4-2)19(17,18)11-7-10(13)6-9(8-15)12(11)14/h3,6-7H,1,4-5,8,15H2,2H3. The molecule has 0 aliphatic heterocycles. The first-order valence-corrected chi connectivity index (χ1v) is 7.87. The van der Waals surface area contributed by atoms with Gasteiger partial charge in [0.15, 0.2) is 0 Å². The van der Waals surface area contributed by atoms with Crippen molar-refractivity contribution in [1.82, 2.24) is 4.31 Å². The van der Waals surface area contributed by atoms with Gasteiger partial charge in [0.1, 0.15) is 4.90 Å². The van der Waals surface area contributed by atoms with Gasteiger partial charge in [-0.2, -0.15) is 4.31 Å². The lowest BCUT2D eigenvalue weighted by molar-refractivity contribution is 0.460. The van der Waals surface area contributed by atoms with Crippen molar-refractivity contribution in [3.8, 4) is 0 Å². The monoisotopic (exact) mass is 322 g/mol. The molecule has 0 bridgehead atoms. The lowest BCUT2D eigenvalue weighted by Gasteiger charge is -2.20. The van der Waals surface area contributed by atoms with Crippen LogP contribution in [0.2, 0.25) is 10.0 Å². The zero-order valence-electron chi connectivity index (χ0n) is 10.6. The van der Waals surface area contributed by atoms with Gasteiger partial charge in [0.25, 0.3) is 0 Å². The summed E-state index contributed by atoms with van der Waals surface area (Å²) >= 11 is 12.0. The second kappa shape index (κ2) is 6.72. The van der Waals surface area contributed by atoms with E-state index in [-0.39, 0.29) is 28.0 Å². The van der Waals surface area contributed by atoms with Crippen molar-refractivity contribution in [3.63, 3.8) is 0 Å². The van der Waals surface area contributed by atoms with Crippen molar-refractivity contribution in [1.29, 1.82) is 0 Å². The largest absolute Gasteiger partial charge is 0.326 e. The van der Waals surface area contributed by atoms with Crippen molar-refractivity contribution >= 4 is 33.2 Å². The van der Waals surface area contributed by atoms with Crippen LogP contribution in [0.1, 0.15) is 12.5 Å². The van der Waals surface area contributed by atoms with E-state index in [0.717, 1.165) is 0 Å². The van der Waals surface area contributed by atoms with Gasteiger partial charge in [-0.3, -0.25) is 0 Å². The number of nitrogens with zero attached hydrogens (tertiary/aromatic N) is 1. The van der Waals surface area contributed by atoms with E-state index in [0.29, 0.717) is 12.1 Å². The summed E-state index contributed by atoms with van der Waals surface area (Å²) < 4.78 is 26.2. The van der Waals surface area contributed by atoms with Crippen molar-refractivity contribution in [2.24, 2.45) is 5.73 Å². The molecule has 1 rings (SSSR count). The molecule has 4 nitrogen and oxygen atoms in total. The first-order valence-electron chi connectivity index (χ1n) is 5.67. The van der Waals surface area contributed by atoms with Crippen LogP contribution >= 0.6 is 23.2 Å². The van der Waals surface area contributed by atoms with E-state index in [9.17, 15) is 8.42 Å². The molecule has 1 aromatic rings. The summed E-state index contributed by atoms with van der Waals surface area (Å²) in [5.41, 5.74) is 6.03. The number of sulfonamides is 1. The number of halogens is 2. The molecule has 2 N–H and O–H groups in total. The first-order chi connectivity index (χ1) is 8.88. The predicted molar refractivity (Wildman–Crippen MR) is 79.0 cm³/mol. The van der Waals surface area contributed by atoms with E-state index in [1.807, 2.05) is 0 Å². The Kier molecular flexibility index (Phi) is 5.82. The molecule has 0 aromatic heterocycles. The number of nitrogens with two attached hydrogens (primary N) is 1. The Morgan fingerprint density at radius 2 is 2.05 bits per heavy atom. The van der Waals surface area contributed by atoms with Crippen LogP contribution in [0, 0.1) is 0 Å². The molecule has 0 saturated heterocycles. The van der Waals surface area contributed by atoms with Gasteiger partial charge < -0.3 is 5.73 Å². The summed E-state index contributed by atoms with van der Waals surface area (Å²) in [4.78, 5) is -0.0224. The normalized spacial score (nSPS) is 11.8. The molecule has 7 heteroatoms. The summed E-state index contributed by atoms with van der Waals surface area (Å²) in [5.74, 6) is 0. The van der Waals surface area contributed by atoms with E-state index in [4.69, 9.17) is 28.9 Å². The third kappa shape index (κ3) is 3.49. The van der Waals surface area contributed by atoms with Gasteiger partial charge in [-0.25, -0.2) is 8.42 Å². The molecule has 0 spiro atoms. The summed E-state index contributed by atoms with van der Waals surface area (Å²) in [7, 11) is -3.71. The third-order valence-electron chi connectivity index (χ3n) is 2.60. The lowest BCUT2D eigenvalue weighted by atomic mass is 10.2. The van der Waals surface area contributed by atoms with Gasteiger partial charge in [0, 0.05) is 24.7 Å². The summed E-state index contributed by atoms with van der Waals surface area (Å²) in [6.45, 7) is 5.93. The average Bonchev–Trinajstić information content (AvgIpc) is 2.37. The SMILES string of the molecule is C=CCN(CC)S(=O)(=O)c1cc(Cl)cc(CN)c1Cl. The Hall–Kier alpha value is -0.590. The number of likely N-dealkylation sites (N-methyl/N-ethyl adjacent to an activating group) is 1. The van der Waals surface area contributed by atoms with Crippen molar-refractivity contribution in [2.75, 3.05) is 13.1 Å². The minimum Gasteiger partial charge on any atom is -0.326 e. The highest BCUT2D eigenvalue weighted by Gasteiger charge is 2.26. The second-order valence-corrected chi connectivity index (χ2v) is 6.55. The van der Waals surface area contributed by atoms with Gasteiger partial charge in [-0.15, -0.1) is 6.58 Å². The van der Waals surface area contributed by atoms with Crippen molar-refractivity contribution in [3.05, 3.63) is 40.4 Å². The summed E-state index contributed by atoms with van der Waals surface area (Å²) in [6.07, 6.45) is 1.52. The molecule has 19 heavy (non-hydrogen) atoms. The molecule has 0 aliphatic rings. The molecule has 0 heterocycles. The average molecular weight is 323 g/mol. The Balaban J connectivity index is 3.43. The van der Waals surface area contributed by atoms with Gasteiger partial charge in [0.05, 0.1) is 5.02 Å². The Labute approximate surface area is 123 Å². The van der Waals surface area contributed by atoms with E-state index in [1.54, 1.807) is 13.0 Å². The quantitative estimate of drug-likeness (QED) is 0.819. The van der Waals surface area contributed by atoms with E-state index >= 15 is 0 Å². The van der Waals surface area contributed by atoms with Gasteiger partial charge >= 0.3 is 0 Å². The third-order valence-corrected chi connectivity index (χ3v) is 5.34. The number of rotatable bonds is 6. The summed E-state index contributed by atoms with van der Waals surface area (Å²) in [5, 5.41) is 0.410. The smallest absolute Gasteiger partial charge is 0.244 e. The van der Waals surface area contributed by atoms with Gasteiger partial charge in [-0.1, -0.05) is 36.2 Å². The number of hydrogen-bond acceptors (Lipinski definition) is 3. The van der Waals surface area contributed by atoms with Crippen LogP contribution in [0.5, 0.6) is 0 Å². The van der Waals surface area contributed by atoms with Crippen LogP contribution in [0.25, 0.3) is 0 Å². The predicted octanol–water partition coefficient (Wildman–Crippen LogP) is 2.65. The van der Waals surface area contributed by atoms with Crippen LogP contribution in [0.4, 0.5) is 0 Å². The van der Waals surface area contributed by atoms with Gasteiger partial charge in [0.2, 0.25) is 10.0 Å². The molecule has 0 atom stereocenters. The maximum Gasteiger partial charge on any atom is 0.244 e. The van der Waals surface area contributed by atoms with Crippen molar-refractivity contribution < 1.29 is 8.42 Å². The fourth-order valence-corrected chi connectivity index (χ4v) is 3.97. The molecular formula is C12H16Cl2N2O2S. The molecule has 0 amide bonds. The molecule has 0 radical (unpaired) electrons. The Bertz CT molecular complexity index is 573. The van der Waals surface area contributed by atoms with Crippen LogP contribution < -0.4 is 5.73 Å². The first kappa shape index (κ1) is 16.5. The van der Waals surface area contributed by atoms with E-state index in [2.05, 4.69) is 6.58 Å². The van der Waals surface area contributed by atoms with E-state index < -0.39 is 10.0 Å². The molecule has 0 aliphatic carbocycles. The zero-order valence-corrected chi connectivity index (χ0v) is 12.9. The highest BCUT2D eigenvalue weighted by atomic mass is 35.5. The molecule has 106 valence electrons. The fraction of sp³-hybridized carbons (Fsp3) is 0.333. The zero-order chi connectivity index (χ0) is 14.6. The Morgan fingerprint density at radius 3 is 2.53 bits per heavy atom. The highest BCUT2D eigenvalue weighted by Crippen LogP contribution is 2.31. The van der Waals surface area contributed by atoms with E-state index in [1.165, 1.54) is 16.4 Å². The highest BCUT2D eigenvalue weighted by molar-refractivity contribution is 7.89. The van der Waals surface area contributed by atoms with Gasteiger partial charge in [-0.05, 0) is 17.7 Å². The topological polar surface area (TPSA) is 63.4 Å². The van der Waals surface area contributed by atoms with Crippen LogP contribution in [-0.4, -0.2) is 25.8 Å². The number of benzene rings is 1. The molecule has 0 saturated carbocycles. The molecule has 0 unspecified atom stereocenters. The van der Waals surface area contributed by atoms with Crippen molar-refractivity contribution in [2.45, 2.75) is 18.4 Å².